The lowest BCUT2D eigenvalue weighted by Crippen LogP contribution is -2.43. The second-order valence-electron chi connectivity index (χ2n) is 9.88. The van der Waals surface area contributed by atoms with Gasteiger partial charge in [-0.05, 0) is 69.5 Å². The first-order chi connectivity index (χ1) is 19.2. The number of piperidine rings is 1. The van der Waals surface area contributed by atoms with Gasteiger partial charge in [0.05, 0.1) is 15.2 Å². The van der Waals surface area contributed by atoms with Crippen molar-refractivity contribution in [3.63, 3.8) is 0 Å². The van der Waals surface area contributed by atoms with E-state index in [0.717, 1.165) is 29.5 Å². The molecule has 1 aromatic heterocycles. The van der Waals surface area contributed by atoms with Crippen molar-refractivity contribution in [2.24, 2.45) is 0 Å². The predicted molar refractivity (Wildman–Crippen MR) is 159 cm³/mol. The third-order valence-corrected chi connectivity index (χ3v) is 9.43. The average Bonchev–Trinajstić information content (AvgIpc) is 3.32. The number of nitrogens with zero attached hydrogens (tertiary/aromatic N) is 3. The molecule has 2 atom stereocenters. The van der Waals surface area contributed by atoms with Gasteiger partial charge in [0, 0.05) is 47.1 Å². The fraction of sp³-hybridized carbons (Fsp3) is 0.321. The summed E-state index contributed by atoms with van der Waals surface area (Å²) >= 11 is 1.62. The number of aromatic nitrogens is 1. The first-order valence-corrected chi connectivity index (χ1v) is 15.6. The van der Waals surface area contributed by atoms with Crippen molar-refractivity contribution in [2.75, 3.05) is 27.2 Å². The lowest BCUT2D eigenvalue weighted by atomic mass is 9.96. The number of hydrogen-bond donors (Lipinski definition) is 2. The van der Waals surface area contributed by atoms with E-state index < -0.39 is 14.9 Å². The smallest absolute Gasteiger partial charge is 0.293 e. The van der Waals surface area contributed by atoms with Gasteiger partial charge in [0.25, 0.3) is 15.7 Å². The van der Waals surface area contributed by atoms with E-state index in [1.54, 1.807) is 17.8 Å². The van der Waals surface area contributed by atoms with Crippen LogP contribution in [0.4, 0.5) is 22.9 Å². The Balaban J connectivity index is 1.31. The number of hydrogen-bond acceptors (Lipinski definition) is 9. The minimum atomic E-state index is -4.18. The second-order valence-corrected chi connectivity index (χ2v) is 12.7. The van der Waals surface area contributed by atoms with Crippen LogP contribution in [0.3, 0.4) is 0 Å². The van der Waals surface area contributed by atoms with Crippen molar-refractivity contribution < 1.29 is 17.9 Å². The number of nitro benzene ring substituents is 1. The Hall–Kier alpha value is -3.77. The number of anilines is 3. The van der Waals surface area contributed by atoms with Gasteiger partial charge >= 0.3 is 0 Å². The molecule has 40 heavy (non-hydrogen) atoms. The Morgan fingerprint density at radius 1 is 1.07 bits per heavy atom. The fourth-order valence-electron chi connectivity index (χ4n) is 5.13. The zero-order chi connectivity index (χ0) is 28.3. The molecule has 1 fully saturated rings. The Labute approximate surface area is 237 Å². The molecule has 1 saturated heterocycles. The topological polar surface area (TPSA) is 131 Å². The maximum atomic E-state index is 13.2. The molecule has 210 valence electrons. The second kappa shape index (κ2) is 11.8. The Kier molecular flexibility index (Phi) is 8.17. The molecule has 1 aliphatic heterocycles. The molecule has 2 unspecified atom stereocenters. The molecule has 0 spiro atoms. The van der Waals surface area contributed by atoms with Gasteiger partial charge in [-0.2, -0.15) is 0 Å². The number of fused-ring (bicyclic) bond motifs is 1. The molecule has 0 saturated carbocycles. The van der Waals surface area contributed by atoms with Crippen molar-refractivity contribution >= 4 is 55.6 Å². The number of rotatable bonds is 10. The van der Waals surface area contributed by atoms with Crippen LogP contribution in [0.1, 0.15) is 33.1 Å². The summed E-state index contributed by atoms with van der Waals surface area (Å²) < 4.78 is 34.3. The SMILES string of the molecule is CC1CCCC(C)N1c1ccc2c(NS(=O)(=O)c3ccc(NCCSc4ccccc4)c([N+](=O)[O-])c3)noc2c1. The summed E-state index contributed by atoms with van der Waals surface area (Å²) in [6.07, 6.45) is 3.41. The quantitative estimate of drug-likeness (QED) is 0.0931. The van der Waals surface area contributed by atoms with Crippen molar-refractivity contribution in [3.05, 3.63) is 76.8 Å². The minimum Gasteiger partial charge on any atom is -0.379 e. The predicted octanol–water partition coefficient (Wildman–Crippen LogP) is 6.51. The van der Waals surface area contributed by atoms with Crippen LogP contribution < -0.4 is 14.9 Å². The highest BCUT2D eigenvalue weighted by Crippen LogP contribution is 2.34. The molecule has 0 radical (unpaired) electrons. The maximum absolute atomic E-state index is 13.2. The Morgan fingerprint density at radius 2 is 1.82 bits per heavy atom. The molecule has 2 heterocycles. The molecular formula is C28H31N5O5S2. The summed E-state index contributed by atoms with van der Waals surface area (Å²) in [7, 11) is -4.18. The monoisotopic (exact) mass is 581 g/mol. The number of benzene rings is 3. The van der Waals surface area contributed by atoms with Crippen LogP contribution in [-0.4, -0.2) is 42.9 Å². The van der Waals surface area contributed by atoms with Crippen LogP contribution in [-0.2, 0) is 10.0 Å². The van der Waals surface area contributed by atoms with Crippen molar-refractivity contribution in [3.8, 4) is 0 Å². The van der Waals surface area contributed by atoms with Crippen molar-refractivity contribution in [2.45, 2.75) is 55.0 Å². The highest BCUT2D eigenvalue weighted by Gasteiger charge is 2.27. The van der Waals surface area contributed by atoms with Gasteiger partial charge in [0.2, 0.25) is 0 Å². The van der Waals surface area contributed by atoms with Gasteiger partial charge in [0.15, 0.2) is 11.4 Å². The van der Waals surface area contributed by atoms with Crippen LogP contribution in [0.15, 0.2) is 81.0 Å². The van der Waals surface area contributed by atoms with Gasteiger partial charge < -0.3 is 14.7 Å². The third-order valence-electron chi connectivity index (χ3n) is 7.08. The van der Waals surface area contributed by atoms with Crippen LogP contribution in [0.25, 0.3) is 11.0 Å². The minimum absolute atomic E-state index is 0.0316. The molecule has 1 aliphatic rings. The highest BCUT2D eigenvalue weighted by molar-refractivity contribution is 7.99. The van der Waals surface area contributed by atoms with E-state index in [-0.39, 0.29) is 22.1 Å². The van der Waals surface area contributed by atoms with E-state index in [9.17, 15) is 18.5 Å². The number of nitro groups is 1. The summed E-state index contributed by atoms with van der Waals surface area (Å²) in [6, 6.07) is 20.0. The van der Waals surface area contributed by atoms with Crippen LogP contribution in [0.5, 0.6) is 0 Å². The molecule has 12 heteroatoms. The third kappa shape index (κ3) is 6.02. The molecule has 2 N–H and O–H groups in total. The summed E-state index contributed by atoms with van der Waals surface area (Å²) in [5, 5.41) is 19.3. The zero-order valence-electron chi connectivity index (χ0n) is 22.2. The average molecular weight is 582 g/mol. The summed E-state index contributed by atoms with van der Waals surface area (Å²) in [5.74, 6) is 0.711. The number of thioether (sulfide) groups is 1. The van der Waals surface area contributed by atoms with Gasteiger partial charge in [-0.3, -0.25) is 14.8 Å². The molecule has 0 aliphatic carbocycles. The fourth-order valence-corrected chi connectivity index (χ4v) is 6.95. The van der Waals surface area contributed by atoms with Crippen LogP contribution in [0, 0.1) is 10.1 Å². The normalized spacial score (nSPS) is 17.6. The van der Waals surface area contributed by atoms with Crippen molar-refractivity contribution in [1.82, 2.24) is 5.16 Å². The number of sulfonamides is 1. The first kappa shape index (κ1) is 27.8. The van der Waals surface area contributed by atoms with Crippen molar-refractivity contribution in [1.29, 1.82) is 0 Å². The maximum Gasteiger partial charge on any atom is 0.293 e. The van der Waals surface area contributed by atoms with E-state index in [1.807, 2.05) is 42.5 Å². The Bertz CT molecular complexity index is 1600. The molecular weight excluding hydrogens is 550 g/mol. The molecule has 10 nitrogen and oxygen atoms in total. The summed E-state index contributed by atoms with van der Waals surface area (Å²) in [4.78, 5) is 14.4. The van der Waals surface area contributed by atoms with Crippen LogP contribution in [0.2, 0.25) is 0 Å². The van der Waals surface area contributed by atoms with Gasteiger partial charge in [-0.25, -0.2) is 8.42 Å². The van der Waals surface area contributed by atoms with Crippen LogP contribution >= 0.6 is 11.8 Å². The number of nitrogens with one attached hydrogen (secondary N) is 2. The lowest BCUT2D eigenvalue weighted by Gasteiger charge is -2.40. The van der Waals surface area contributed by atoms with E-state index in [2.05, 4.69) is 33.9 Å². The van der Waals surface area contributed by atoms with Gasteiger partial charge in [0.1, 0.15) is 5.69 Å². The molecule has 0 amide bonds. The molecule has 4 aromatic rings. The lowest BCUT2D eigenvalue weighted by molar-refractivity contribution is -0.384. The summed E-state index contributed by atoms with van der Waals surface area (Å²) in [5.41, 5.74) is 1.38. The highest BCUT2D eigenvalue weighted by atomic mass is 32.2. The van der Waals surface area contributed by atoms with E-state index >= 15 is 0 Å². The van der Waals surface area contributed by atoms with E-state index in [4.69, 9.17) is 4.52 Å². The molecule has 3 aromatic carbocycles. The van der Waals surface area contributed by atoms with Gasteiger partial charge in [-0.15, -0.1) is 11.8 Å². The molecule has 0 bridgehead atoms. The van der Waals surface area contributed by atoms with E-state index in [0.29, 0.717) is 35.4 Å². The Morgan fingerprint density at radius 3 is 2.55 bits per heavy atom. The van der Waals surface area contributed by atoms with Gasteiger partial charge in [-0.1, -0.05) is 23.4 Å². The standard InChI is InChI=1S/C28H31N5O5S2/c1-19-7-6-8-20(2)32(19)21-11-13-24-27(17-21)38-30-28(24)31-40(36,37)23-12-14-25(26(18-23)33(34)35)29-15-16-39-22-9-4-3-5-10-22/h3-5,9-14,17-20,29H,6-8,15-16H2,1-2H3,(H,30,31). The molecule has 5 rings (SSSR count). The summed E-state index contributed by atoms with van der Waals surface area (Å²) in [6.45, 7) is 4.86. The van der Waals surface area contributed by atoms with E-state index in [1.165, 1.54) is 18.6 Å². The zero-order valence-corrected chi connectivity index (χ0v) is 23.9. The first-order valence-electron chi connectivity index (χ1n) is 13.1. The largest absolute Gasteiger partial charge is 0.379 e.